The molecule has 0 N–H and O–H groups in total. The Kier molecular flexibility index (Phi) is 2.74. The average molecular weight is 281 g/mol. The Bertz CT molecular complexity index is 821. The third kappa shape index (κ3) is 2.19. The number of nitrogens with zero attached hydrogens (tertiary/aromatic N) is 1. The molecule has 1 aliphatic rings. The Morgan fingerprint density at radius 3 is 3.00 bits per heavy atom. The van der Waals surface area contributed by atoms with Crippen LogP contribution in [0.1, 0.15) is 11.1 Å². The zero-order chi connectivity index (χ0) is 14.4. The van der Waals surface area contributed by atoms with Crippen molar-refractivity contribution in [3.05, 3.63) is 65.6 Å². The molecule has 0 spiro atoms. The Labute approximate surface area is 122 Å². The third-order valence-corrected chi connectivity index (χ3v) is 4.09. The number of aryl methyl sites for hydroxylation is 1. The van der Waals surface area contributed by atoms with Crippen molar-refractivity contribution in [1.82, 2.24) is 4.57 Å². The molecule has 21 heavy (non-hydrogen) atoms. The summed E-state index contributed by atoms with van der Waals surface area (Å²) in [5.41, 5.74) is 3.44. The molecule has 0 saturated heterocycles. The van der Waals surface area contributed by atoms with Gasteiger partial charge in [-0.15, -0.1) is 0 Å². The van der Waals surface area contributed by atoms with Crippen LogP contribution in [0.3, 0.4) is 0 Å². The first-order valence-corrected chi connectivity index (χ1v) is 7.19. The SMILES string of the molecule is Cc1ccc2c(c1)CC(Cn1ccc3ccc(F)cc31)O2. The van der Waals surface area contributed by atoms with Crippen LogP contribution in [-0.4, -0.2) is 10.7 Å². The zero-order valence-electron chi connectivity index (χ0n) is 11.8. The number of hydrogen-bond donors (Lipinski definition) is 0. The fourth-order valence-corrected chi connectivity index (χ4v) is 3.09. The number of benzene rings is 2. The smallest absolute Gasteiger partial charge is 0.125 e. The number of ether oxygens (including phenoxy) is 1. The van der Waals surface area contributed by atoms with Gasteiger partial charge in [0.1, 0.15) is 17.7 Å². The topological polar surface area (TPSA) is 14.2 Å². The standard InChI is InChI=1S/C18H16FNO/c1-12-2-5-18-14(8-12)9-16(21-18)11-20-7-6-13-3-4-15(19)10-17(13)20/h2-8,10,16H,9,11H2,1H3. The van der Waals surface area contributed by atoms with E-state index in [-0.39, 0.29) is 11.9 Å². The molecule has 0 bridgehead atoms. The van der Waals surface area contributed by atoms with Crippen molar-refractivity contribution < 1.29 is 9.13 Å². The lowest BCUT2D eigenvalue weighted by Gasteiger charge is -2.13. The van der Waals surface area contributed by atoms with Crippen LogP contribution in [-0.2, 0) is 13.0 Å². The van der Waals surface area contributed by atoms with Crippen LogP contribution < -0.4 is 4.74 Å². The van der Waals surface area contributed by atoms with Crippen LogP contribution >= 0.6 is 0 Å². The highest BCUT2D eigenvalue weighted by atomic mass is 19.1. The molecule has 4 rings (SSSR count). The molecular formula is C18H16FNO. The molecule has 2 nitrogen and oxygen atoms in total. The van der Waals surface area contributed by atoms with Gasteiger partial charge in [0, 0.05) is 12.6 Å². The highest BCUT2D eigenvalue weighted by Gasteiger charge is 2.23. The van der Waals surface area contributed by atoms with Gasteiger partial charge >= 0.3 is 0 Å². The second-order valence-corrected chi connectivity index (χ2v) is 5.73. The lowest BCUT2D eigenvalue weighted by atomic mass is 10.1. The number of fused-ring (bicyclic) bond motifs is 2. The van der Waals surface area contributed by atoms with Crippen molar-refractivity contribution in [2.75, 3.05) is 0 Å². The van der Waals surface area contributed by atoms with Gasteiger partial charge < -0.3 is 9.30 Å². The van der Waals surface area contributed by atoms with Gasteiger partial charge in [0.15, 0.2) is 0 Å². The first kappa shape index (κ1) is 12.5. The summed E-state index contributed by atoms with van der Waals surface area (Å²) >= 11 is 0. The van der Waals surface area contributed by atoms with Crippen molar-refractivity contribution in [1.29, 1.82) is 0 Å². The molecule has 106 valence electrons. The highest BCUT2D eigenvalue weighted by molar-refractivity contribution is 5.80. The van der Waals surface area contributed by atoms with Crippen LogP contribution in [0.15, 0.2) is 48.7 Å². The van der Waals surface area contributed by atoms with Crippen LogP contribution in [0.25, 0.3) is 10.9 Å². The van der Waals surface area contributed by atoms with Gasteiger partial charge in [0.2, 0.25) is 0 Å². The zero-order valence-corrected chi connectivity index (χ0v) is 11.8. The Balaban J connectivity index is 1.61. The van der Waals surface area contributed by atoms with E-state index in [0.717, 1.165) is 29.6 Å². The minimum atomic E-state index is -0.200. The van der Waals surface area contributed by atoms with E-state index in [2.05, 4.69) is 23.6 Å². The average Bonchev–Trinajstić information content (AvgIpc) is 3.02. The summed E-state index contributed by atoms with van der Waals surface area (Å²) < 4.78 is 21.5. The van der Waals surface area contributed by atoms with E-state index in [1.165, 1.54) is 17.2 Å². The molecule has 0 amide bonds. The minimum absolute atomic E-state index is 0.112. The van der Waals surface area contributed by atoms with Crippen LogP contribution in [0, 0.1) is 12.7 Å². The number of aromatic nitrogens is 1. The fraction of sp³-hybridized carbons (Fsp3) is 0.222. The van der Waals surface area contributed by atoms with Gasteiger partial charge in [0.05, 0.1) is 12.1 Å². The quantitative estimate of drug-likeness (QED) is 0.690. The number of halogens is 1. The van der Waals surface area contributed by atoms with Gasteiger partial charge in [-0.3, -0.25) is 0 Å². The molecule has 1 aliphatic heterocycles. The summed E-state index contributed by atoms with van der Waals surface area (Å²) in [7, 11) is 0. The molecule has 0 saturated carbocycles. The first-order chi connectivity index (χ1) is 10.2. The molecule has 2 heterocycles. The first-order valence-electron chi connectivity index (χ1n) is 7.19. The van der Waals surface area contributed by atoms with Gasteiger partial charge in [0.25, 0.3) is 0 Å². The van der Waals surface area contributed by atoms with E-state index >= 15 is 0 Å². The molecule has 1 aromatic heterocycles. The normalized spacial score (nSPS) is 17.0. The fourth-order valence-electron chi connectivity index (χ4n) is 3.09. The molecule has 1 unspecified atom stereocenters. The largest absolute Gasteiger partial charge is 0.488 e. The van der Waals surface area contributed by atoms with Crippen molar-refractivity contribution in [2.24, 2.45) is 0 Å². The number of hydrogen-bond acceptors (Lipinski definition) is 1. The monoisotopic (exact) mass is 281 g/mol. The highest BCUT2D eigenvalue weighted by Crippen LogP contribution is 2.30. The Morgan fingerprint density at radius 1 is 1.19 bits per heavy atom. The third-order valence-electron chi connectivity index (χ3n) is 4.09. The minimum Gasteiger partial charge on any atom is -0.488 e. The molecule has 2 aromatic carbocycles. The van der Waals surface area contributed by atoms with Gasteiger partial charge in [-0.25, -0.2) is 4.39 Å². The van der Waals surface area contributed by atoms with Crippen LogP contribution in [0.4, 0.5) is 4.39 Å². The van der Waals surface area contributed by atoms with Crippen LogP contribution in [0.5, 0.6) is 5.75 Å². The van der Waals surface area contributed by atoms with Crippen LogP contribution in [0.2, 0.25) is 0 Å². The van der Waals surface area contributed by atoms with E-state index in [1.807, 2.05) is 24.4 Å². The summed E-state index contributed by atoms with van der Waals surface area (Å²) in [5.74, 6) is 0.780. The summed E-state index contributed by atoms with van der Waals surface area (Å²) in [6.45, 7) is 2.83. The van der Waals surface area contributed by atoms with E-state index in [1.54, 1.807) is 6.07 Å². The second-order valence-electron chi connectivity index (χ2n) is 5.73. The summed E-state index contributed by atoms with van der Waals surface area (Å²) in [5, 5.41) is 1.06. The van der Waals surface area contributed by atoms with E-state index < -0.39 is 0 Å². The molecule has 0 radical (unpaired) electrons. The maximum absolute atomic E-state index is 13.4. The molecule has 3 aromatic rings. The van der Waals surface area contributed by atoms with Gasteiger partial charge in [-0.2, -0.15) is 0 Å². The molecule has 3 heteroatoms. The van der Waals surface area contributed by atoms with Crippen molar-refractivity contribution in [3.63, 3.8) is 0 Å². The lowest BCUT2D eigenvalue weighted by molar-refractivity contribution is 0.211. The van der Waals surface area contributed by atoms with E-state index in [4.69, 9.17) is 4.74 Å². The molecule has 1 atom stereocenters. The second kappa shape index (κ2) is 4.62. The molecule has 0 fully saturated rings. The number of rotatable bonds is 2. The maximum atomic E-state index is 13.4. The van der Waals surface area contributed by atoms with E-state index in [9.17, 15) is 4.39 Å². The predicted octanol–water partition coefficient (Wildman–Crippen LogP) is 4.09. The van der Waals surface area contributed by atoms with Crippen molar-refractivity contribution in [3.8, 4) is 5.75 Å². The Morgan fingerprint density at radius 2 is 2.10 bits per heavy atom. The molecular weight excluding hydrogens is 265 g/mol. The van der Waals surface area contributed by atoms with Crippen molar-refractivity contribution in [2.45, 2.75) is 26.0 Å². The lowest BCUT2D eigenvalue weighted by Crippen LogP contribution is -2.20. The predicted molar refractivity (Wildman–Crippen MR) is 81.2 cm³/mol. The van der Waals surface area contributed by atoms with Gasteiger partial charge in [-0.1, -0.05) is 17.7 Å². The van der Waals surface area contributed by atoms with Gasteiger partial charge in [-0.05, 0) is 48.2 Å². The summed E-state index contributed by atoms with van der Waals surface area (Å²) in [6.07, 6.45) is 3.02. The Hall–Kier alpha value is -2.29. The summed E-state index contributed by atoms with van der Waals surface area (Å²) in [4.78, 5) is 0. The van der Waals surface area contributed by atoms with Crippen molar-refractivity contribution >= 4 is 10.9 Å². The maximum Gasteiger partial charge on any atom is 0.125 e. The summed E-state index contributed by atoms with van der Waals surface area (Å²) in [6, 6.07) is 13.2. The van der Waals surface area contributed by atoms with E-state index in [0.29, 0.717) is 0 Å². The molecule has 0 aliphatic carbocycles.